The quantitative estimate of drug-likeness (QED) is 0.429. The highest BCUT2D eigenvalue weighted by atomic mass is 32.2. The maximum atomic E-state index is 5.73. The van der Waals surface area contributed by atoms with Crippen LogP contribution in [0.3, 0.4) is 0 Å². The smallest absolute Gasteiger partial charge is 0.258 e. The number of hydrogen-bond donors (Lipinski definition) is 1. The third kappa shape index (κ3) is 5.32. The Balaban J connectivity index is 1.61. The first-order valence-electron chi connectivity index (χ1n) is 8.96. The average Bonchev–Trinajstić information content (AvgIpc) is 3.16. The number of anilines is 2. The summed E-state index contributed by atoms with van der Waals surface area (Å²) in [7, 11) is 3.76. The number of thioether (sulfide) groups is 1. The Hall–Kier alpha value is -2.88. The third-order valence-corrected chi connectivity index (χ3v) is 4.44. The van der Waals surface area contributed by atoms with Crippen LogP contribution in [0.25, 0.3) is 5.95 Å². The summed E-state index contributed by atoms with van der Waals surface area (Å²) in [6.45, 7) is 5.33. The molecule has 3 aromatic rings. The number of benzene rings is 1. The van der Waals surface area contributed by atoms with Crippen LogP contribution in [-0.4, -0.2) is 62.7 Å². The highest BCUT2D eigenvalue weighted by Gasteiger charge is 2.11. The number of ether oxygens (including phenoxy) is 1. The molecule has 1 N–H and O–H groups in total. The second-order valence-corrected chi connectivity index (χ2v) is 7.23. The van der Waals surface area contributed by atoms with Crippen molar-refractivity contribution in [1.82, 2.24) is 29.7 Å². The maximum Gasteiger partial charge on any atom is 0.258 e. The molecule has 0 aliphatic rings. The Kier molecular flexibility index (Phi) is 6.64. The van der Waals surface area contributed by atoms with Gasteiger partial charge in [-0.2, -0.15) is 19.6 Å². The summed E-state index contributed by atoms with van der Waals surface area (Å²) in [6.07, 6.45) is 1.60. The van der Waals surface area contributed by atoms with Gasteiger partial charge in [0.1, 0.15) is 12.1 Å². The first-order valence-corrected chi connectivity index (χ1v) is 9.95. The molecule has 28 heavy (non-hydrogen) atoms. The van der Waals surface area contributed by atoms with Gasteiger partial charge in [-0.15, -0.1) is 5.10 Å². The van der Waals surface area contributed by atoms with Gasteiger partial charge in [-0.3, -0.25) is 0 Å². The van der Waals surface area contributed by atoms with Crippen molar-refractivity contribution in [3.8, 4) is 11.7 Å². The summed E-state index contributed by atoms with van der Waals surface area (Å²) < 4.78 is 7.28. The van der Waals surface area contributed by atoms with E-state index >= 15 is 0 Å². The topological polar surface area (TPSA) is 93.9 Å². The minimum Gasteiger partial charge on any atom is -0.493 e. The Labute approximate surface area is 168 Å². The second-order valence-electron chi connectivity index (χ2n) is 6.17. The molecule has 0 aliphatic heterocycles. The van der Waals surface area contributed by atoms with Gasteiger partial charge in [0.05, 0.1) is 6.61 Å². The number of nitrogens with one attached hydrogen (secondary N) is 1. The lowest BCUT2D eigenvalue weighted by atomic mass is 10.2. The van der Waals surface area contributed by atoms with Crippen molar-refractivity contribution in [3.63, 3.8) is 0 Å². The lowest BCUT2D eigenvalue weighted by Gasteiger charge is -2.12. The Bertz CT molecular complexity index is 897. The van der Waals surface area contributed by atoms with Gasteiger partial charge in [-0.1, -0.05) is 29.5 Å². The molecule has 2 heterocycles. The largest absolute Gasteiger partial charge is 0.493 e. The number of nitrogens with zero attached hydrogens (tertiary/aromatic N) is 7. The van der Waals surface area contributed by atoms with Crippen LogP contribution in [0.4, 0.5) is 11.9 Å². The molecule has 0 fully saturated rings. The van der Waals surface area contributed by atoms with E-state index in [1.165, 1.54) is 17.3 Å². The van der Waals surface area contributed by atoms with E-state index in [4.69, 9.17) is 4.74 Å². The molecule has 0 spiro atoms. The number of rotatable bonds is 9. The molecule has 0 radical (unpaired) electrons. The van der Waals surface area contributed by atoms with E-state index in [1.54, 1.807) is 11.0 Å². The van der Waals surface area contributed by atoms with Gasteiger partial charge in [-0.25, -0.2) is 4.98 Å². The van der Waals surface area contributed by atoms with Gasteiger partial charge in [-0.05, 0) is 26.0 Å². The van der Waals surface area contributed by atoms with Crippen LogP contribution in [0.5, 0.6) is 5.75 Å². The molecular formula is C18H24N8OS. The predicted octanol–water partition coefficient (Wildman–Crippen LogP) is 2.43. The fourth-order valence-electron chi connectivity index (χ4n) is 2.23. The Morgan fingerprint density at radius 3 is 2.64 bits per heavy atom. The van der Waals surface area contributed by atoms with Gasteiger partial charge >= 0.3 is 0 Å². The number of aromatic nitrogens is 6. The van der Waals surface area contributed by atoms with Crippen molar-refractivity contribution >= 4 is 23.7 Å². The first kappa shape index (κ1) is 19.9. The minimum absolute atomic E-state index is 0.421. The monoisotopic (exact) mass is 400 g/mol. The van der Waals surface area contributed by atoms with Crippen molar-refractivity contribution in [2.45, 2.75) is 19.0 Å². The normalized spacial score (nSPS) is 10.7. The van der Waals surface area contributed by atoms with E-state index < -0.39 is 0 Å². The van der Waals surface area contributed by atoms with Crippen molar-refractivity contribution < 1.29 is 4.74 Å². The van der Waals surface area contributed by atoms with E-state index in [-0.39, 0.29) is 0 Å². The molecule has 3 rings (SSSR count). The third-order valence-electron chi connectivity index (χ3n) is 3.63. The molecule has 0 bridgehead atoms. The second kappa shape index (κ2) is 9.36. The molecule has 10 heteroatoms. The maximum absolute atomic E-state index is 5.73. The van der Waals surface area contributed by atoms with Gasteiger partial charge in [0.15, 0.2) is 0 Å². The summed E-state index contributed by atoms with van der Waals surface area (Å²) in [6, 6.07) is 8.00. The summed E-state index contributed by atoms with van der Waals surface area (Å²) in [5.41, 5.74) is 1.21. The molecule has 0 amide bonds. The number of hydrogen-bond acceptors (Lipinski definition) is 9. The SMILES string of the molecule is CCNc1nc(N(C)C)nc(-n2cnc(SCCOc3ccc(C)cc3)n2)n1. The van der Waals surface area contributed by atoms with Crippen LogP contribution >= 0.6 is 11.8 Å². The van der Waals surface area contributed by atoms with E-state index in [2.05, 4.69) is 37.3 Å². The molecule has 0 atom stereocenters. The zero-order valence-electron chi connectivity index (χ0n) is 16.5. The zero-order valence-corrected chi connectivity index (χ0v) is 17.3. The van der Waals surface area contributed by atoms with E-state index in [9.17, 15) is 0 Å². The molecule has 0 unspecified atom stereocenters. The lowest BCUT2D eigenvalue weighted by molar-refractivity contribution is 0.344. The first-order chi connectivity index (χ1) is 13.5. The highest BCUT2D eigenvalue weighted by Crippen LogP contribution is 2.16. The zero-order chi connectivity index (χ0) is 19.9. The summed E-state index contributed by atoms with van der Waals surface area (Å²) in [5, 5.41) is 8.20. The molecule has 2 aromatic heterocycles. The number of aryl methyl sites for hydroxylation is 1. The van der Waals surface area contributed by atoms with E-state index in [0.29, 0.717) is 29.6 Å². The van der Waals surface area contributed by atoms with Crippen LogP contribution in [0.1, 0.15) is 12.5 Å². The lowest BCUT2D eigenvalue weighted by Crippen LogP contribution is -2.17. The van der Waals surface area contributed by atoms with Crippen molar-refractivity contribution in [2.75, 3.05) is 43.2 Å². The fraction of sp³-hybridized carbons (Fsp3) is 0.389. The molecule has 148 valence electrons. The summed E-state index contributed by atoms with van der Waals surface area (Å²) >= 11 is 1.52. The van der Waals surface area contributed by atoms with Gasteiger partial charge in [0.25, 0.3) is 5.95 Å². The summed E-state index contributed by atoms with van der Waals surface area (Å²) in [5.74, 6) is 3.08. The predicted molar refractivity (Wildman–Crippen MR) is 111 cm³/mol. The van der Waals surface area contributed by atoms with E-state index in [0.717, 1.165) is 18.0 Å². The van der Waals surface area contributed by atoms with Crippen molar-refractivity contribution in [1.29, 1.82) is 0 Å². The molecule has 9 nitrogen and oxygen atoms in total. The van der Waals surface area contributed by atoms with Crippen molar-refractivity contribution in [3.05, 3.63) is 36.2 Å². The molecular weight excluding hydrogens is 376 g/mol. The molecule has 0 aliphatic carbocycles. The van der Waals surface area contributed by atoms with Gasteiger partial charge in [0, 0.05) is 26.4 Å². The highest BCUT2D eigenvalue weighted by molar-refractivity contribution is 7.99. The average molecular weight is 401 g/mol. The fourth-order valence-corrected chi connectivity index (χ4v) is 2.85. The van der Waals surface area contributed by atoms with Crippen LogP contribution in [0.15, 0.2) is 35.7 Å². The van der Waals surface area contributed by atoms with Crippen molar-refractivity contribution in [2.24, 2.45) is 0 Å². The molecule has 0 saturated heterocycles. The van der Waals surface area contributed by atoms with Crippen LogP contribution in [0, 0.1) is 6.92 Å². The molecule has 1 aromatic carbocycles. The molecule has 0 saturated carbocycles. The Morgan fingerprint density at radius 1 is 1.14 bits per heavy atom. The van der Waals surface area contributed by atoms with Crippen LogP contribution in [-0.2, 0) is 0 Å². The van der Waals surface area contributed by atoms with Crippen LogP contribution in [0.2, 0.25) is 0 Å². The standard InChI is InChI=1S/C18H24N8OS/c1-5-19-15-21-16(25(3)4)23-17(22-15)26-12-20-18(24-26)28-11-10-27-14-8-6-13(2)7-9-14/h6-9,12H,5,10-11H2,1-4H3,(H,19,21,22,23). The minimum atomic E-state index is 0.421. The Morgan fingerprint density at radius 2 is 1.93 bits per heavy atom. The van der Waals surface area contributed by atoms with Gasteiger partial charge < -0.3 is 15.0 Å². The van der Waals surface area contributed by atoms with Crippen LogP contribution < -0.4 is 15.0 Å². The van der Waals surface area contributed by atoms with E-state index in [1.807, 2.05) is 50.2 Å². The summed E-state index contributed by atoms with van der Waals surface area (Å²) in [4.78, 5) is 19.3. The van der Waals surface area contributed by atoms with Gasteiger partial charge in [0.2, 0.25) is 17.1 Å².